The molecule has 0 aliphatic carbocycles. The van der Waals surface area contributed by atoms with E-state index in [1.165, 1.54) is 16.4 Å². The molecule has 1 heterocycles. The molecular weight excluding hydrogens is 324 g/mol. The summed E-state index contributed by atoms with van der Waals surface area (Å²) in [5.41, 5.74) is -0.421. The van der Waals surface area contributed by atoms with Crippen molar-refractivity contribution in [3.05, 3.63) is 16.0 Å². The van der Waals surface area contributed by atoms with Gasteiger partial charge < -0.3 is 4.74 Å². The SMILES string of the molecule is CCCCOC(=O)SNn1c(SC)nnc(C(C)(C)C)c1=O. The molecule has 0 bridgehead atoms. The van der Waals surface area contributed by atoms with Crippen LogP contribution >= 0.6 is 23.7 Å². The Labute approximate surface area is 138 Å². The topological polar surface area (TPSA) is 86.1 Å². The van der Waals surface area contributed by atoms with Crippen molar-refractivity contribution in [1.82, 2.24) is 14.9 Å². The number of carbonyl (C=O) groups is 1. The normalized spacial score (nSPS) is 11.3. The lowest BCUT2D eigenvalue weighted by Crippen LogP contribution is -2.37. The molecular formula is C13H22N4O3S2. The van der Waals surface area contributed by atoms with Crippen molar-refractivity contribution in [2.45, 2.75) is 51.1 Å². The van der Waals surface area contributed by atoms with Crippen molar-refractivity contribution in [2.75, 3.05) is 17.7 Å². The van der Waals surface area contributed by atoms with Crippen LogP contribution in [0.3, 0.4) is 0 Å². The van der Waals surface area contributed by atoms with Crippen molar-refractivity contribution in [3.63, 3.8) is 0 Å². The monoisotopic (exact) mass is 346 g/mol. The molecule has 0 fully saturated rings. The Morgan fingerprint density at radius 1 is 1.36 bits per heavy atom. The Morgan fingerprint density at radius 3 is 2.59 bits per heavy atom. The van der Waals surface area contributed by atoms with Crippen LogP contribution in [-0.4, -0.2) is 33.0 Å². The smallest absolute Gasteiger partial charge is 0.389 e. The summed E-state index contributed by atoms with van der Waals surface area (Å²) in [7, 11) is 0. The summed E-state index contributed by atoms with van der Waals surface area (Å²) < 4.78 is 6.24. The Kier molecular flexibility index (Phi) is 7.21. The fourth-order valence-electron chi connectivity index (χ4n) is 1.47. The maximum absolute atomic E-state index is 12.5. The highest BCUT2D eigenvalue weighted by Crippen LogP contribution is 2.17. The number of unbranched alkanes of at least 4 members (excludes halogenated alkanes) is 1. The Balaban J connectivity index is 2.89. The van der Waals surface area contributed by atoms with Gasteiger partial charge >= 0.3 is 5.30 Å². The third kappa shape index (κ3) is 5.20. The summed E-state index contributed by atoms with van der Waals surface area (Å²) in [6.07, 6.45) is 3.54. The van der Waals surface area contributed by atoms with Gasteiger partial charge in [-0.05, 0) is 12.7 Å². The molecule has 0 aliphatic heterocycles. The molecule has 0 radical (unpaired) electrons. The second-order valence-corrected chi connectivity index (χ2v) is 7.06. The molecule has 0 unspecified atom stereocenters. The van der Waals surface area contributed by atoms with Crippen LogP contribution in [0.25, 0.3) is 0 Å². The third-order valence-electron chi connectivity index (χ3n) is 2.66. The van der Waals surface area contributed by atoms with E-state index in [-0.39, 0.29) is 5.56 Å². The number of aromatic nitrogens is 3. The Morgan fingerprint density at radius 2 is 2.05 bits per heavy atom. The van der Waals surface area contributed by atoms with E-state index in [0.29, 0.717) is 29.4 Å². The molecule has 0 amide bonds. The summed E-state index contributed by atoms with van der Waals surface area (Å²) >= 11 is 1.98. The summed E-state index contributed by atoms with van der Waals surface area (Å²) in [4.78, 5) is 26.8. The first-order chi connectivity index (χ1) is 10.3. The van der Waals surface area contributed by atoms with Gasteiger partial charge in [0.25, 0.3) is 5.56 Å². The number of hydrogen-bond donors (Lipinski definition) is 1. The van der Waals surface area contributed by atoms with Gasteiger partial charge in [-0.25, -0.2) is 4.79 Å². The number of thioether (sulfide) groups is 1. The summed E-state index contributed by atoms with van der Waals surface area (Å²) in [6.45, 7) is 8.03. The highest BCUT2D eigenvalue weighted by molar-refractivity contribution is 8.14. The van der Waals surface area contributed by atoms with Gasteiger partial charge in [-0.1, -0.05) is 45.9 Å². The van der Waals surface area contributed by atoms with Crippen LogP contribution in [0, 0.1) is 0 Å². The minimum absolute atomic E-state index is 0.319. The molecule has 1 rings (SSSR count). The predicted octanol–water partition coefficient (Wildman–Crippen LogP) is 2.79. The van der Waals surface area contributed by atoms with Crippen LogP contribution in [0.15, 0.2) is 9.95 Å². The van der Waals surface area contributed by atoms with E-state index >= 15 is 0 Å². The van der Waals surface area contributed by atoms with Gasteiger partial charge in [-0.15, -0.1) is 10.2 Å². The first kappa shape index (κ1) is 18.8. The number of nitrogens with one attached hydrogen (secondary N) is 1. The van der Waals surface area contributed by atoms with E-state index in [9.17, 15) is 9.59 Å². The van der Waals surface area contributed by atoms with E-state index in [1.54, 1.807) is 6.26 Å². The van der Waals surface area contributed by atoms with E-state index in [1.807, 2.05) is 27.7 Å². The maximum Gasteiger partial charge on any atom is 0.389 e. The van der Waals surface area contributed by atoms with Gasteiger partial charge in [0.2, 0.25) is 5.16 Å². The number of nitrogens with zero attached hydrogens (tertiary/aromatic N) is 3. The zero-order valence-electron chi connectivity index (χ0n) is 13.5. The number of ether oxygens (including phenoxy) is 1. The van der Waals surface area contributed by atoms with Crippen molar-refractivity contribution in [1.29, 1.82) is 0 Å². The van der Waals surface area contributed by atoms with Crippen LogP contribution in [0.2, 0.25) is 0 Å². The summed E-state index contributed by atoms with van der Waals surface area (Å²) in [5.74, 6) is 0. The van der Waals surface area contributed by atoms with Crippen molar-refractivity contribution < 1.29 is 9.53 Å². The maximum atomic E-state index is 12.5. The van der Waals surface area contributed by atoms with Crippen LogP contribution < -0.4 is 10.4 Å². The molecule has 0 aliphatic rings. The van der Waals surface area contributed by atoms with E-state index < -0.39 is 10.7 Å². The van der Waals surface area contributed by atoms with Gasteiger partial charge in [-0.2, -0.15) is 4.68 Å². The van der Waals surface area contributed by atoms with E-state index in [4.69, 9.17) is 4.74 Å². The second-order valence-electron chi connectivity index (χ2n) is 5.57. The quantitative estimate of drug-likeness (QED) is 0.364. The molecule has 0 aromatic carbocycles. The molecule has 9 heteroatoms. The molecule has 7 nitrogen and oxygen atoms in total. The zero-order chi connectivity index (χ0) is 16.8. The third-order valence-corrected chi connectivity index (χ3v) is 3.85. The number of carbonyl (C=O) groups excluding carboxylic acids is 1. The highest BCUT2D eigenvalue weighted by Gasteiger charge is 2.23. The van der Waals surface area contributed by atoms with Crippen molar-refractivity contribution in [3.8, 4) is 0 Å². The van der Waals surface area contributed by atoms with Crippen LogP contribution in [0.5, 0.6) is 0 Å². The van der Waals surface area contributed by atoms with Crippen molar-refractivity contribution >= 4 is 29.0 Å². The van der Waals surface area contributed by atoms with E-state index in [2.05, 4.69) is 15.0 Å². The molecule has 0 saturated heterocycles. The van der Waals surface area contributed by atoms with E-state index in [0.717, 1.165) is 12.8 Å². The standard InChI is InChI=1S/C13H22N4O3S2/c1-6-7-8-20-12(19)22-16-17-10(18)9(13(2,3)4)14-15-11(17)21-5/h16H,6-8H2,1-5H3. The summed E-state index contributed by atoms with van der Waals surface area (Å²) in [6, 6.07) is 0. The Bertz CT molecular complexity index is 569. The van der Waals surface area contributed by atoms with Crippen LogP contribution in [0.1, 0.15) is 46.2 Å². The lowest BCUT2D eigenvalue weighted by molar-refractivity contribution is 0.173. The lowest BCUT2D eigenvalue weighted by atomic mass is 9.93. The van der Waals surface area contributed by atoms with Crippen molar-refractivity contribution in [2.24, 2.45) is 0 Å². The molecule has 0 spiro atoms. The van der Waals surface area contributed by atoms with Gasteiger partial charge in [0.15, 0.2) is 0 Å². The predicted molar refractivity (Wildman–Crippen MR) is 90.0 cm³/mol. The average molecular weight is 346 g/mol. The van der Waals surface area contributed by atoms with Gasteiger partial charge in [0, 0.05) is 5.41 Å². The van der Waals surface area contributed by atoms with Gasteiger partial charge in [0.1, 0.15) is 5.69 Å². The minimum atomic E-state index is -0.485. The Hall–Kier alpha value is -1.22. The largest absolute Gasteiger partial charge is 0.456 e. The summed E-state index contributed by atoms with van der Waals surface area (Å²) in [5, 5.41) is 7.92. The number of hydrogen-bond acceptors (Lipinski definition) is 8. The van der Waals surface area contributed by atoms with Crippen LogP contribution in [0.4, 0.5) is 4.79 Å². The number of rotatable bonds is 6. The fourth-order valence-corrected chi connectivity index (χ4v) is 2.44. The molecule has 1 N–H and O–H groups in total. The molecule has 1 aromatic rings. The highest BCUT2D eigenvalue weighted by atomic mass is 32.2. The minimum Gasteiger partial charge on any atom is -0.456 e. The molecule has 1 aromatic heterocycles. The van der Waals surface area contributed by atoms with Crippen LogP contribution in [-0.2, 0) is 10.2 Å². The molecule has 22 heavy (non-hydrogen) atoms. The molecule has 124 valence electrons. The molecule has 0 saturated carbocycles. The first-order valence-electron chi connectivity index (χ1n) is 6.95. The van der Waals surface area contributed by atoms with Gasteiger partial charge in [-0.3, -0.25) is 9.63 Å². The lowest BCUT2D eigenvalue weighted by Gasteiger charge is -2.18. The van der Waals surface area contributed by atoms with Gasteiger partial charge in [0.05, 0.1) is 18.6 Å². The fraction of sp³-hybridized carbons (Fsp3) is 0.692. The average Bonchev–Trinajstić information content (AvgIpc) is 2.44. The molecule has 0 atom stereocenters. The zero-order valence-corrected chi connectivity index (χ0v) is 15.1. The second kappa shape index (κ2) is 8.42. The first-order valence-corrected chi connectivity index (χ1v) is 8.99.